The molecule has 0 spiro atoms. The van der Waals surface area contributed by atoms with Crippen LogP contribution in [0.25, 0.3) is 0 Å². The van der Waals surface area contributed by atoms with Crippen molar-refractivity contribution in [1.82, 2.24) is 9.62 Å². The number of sulfonamides is 1. The molecule has 8 nitrogen and oxygen atoms in total. The van der Waals surface area contributed by atoms with Crippen molar-refractivity contribution in [3.63, 3.8) is 0 Å². The number of carboxylic acid groups (broad SMARTS) is 1. The predicted octanol–water partition coefficient (Wildman–Crippen LogP) is 0.662. The Morgan fingerprint density at radius 1 is 1.04 bits per heavy atom. The van der Waals surface area contributed by atoms with E-state index in [1.54, 1.807) is 0 Å². The van der Waals surface area contributed by atoms with Crippen LogP contribution in [-0.2, 0) is 24.4 Å². The maximum absolute atomic E-state index is 13.0. The maximum Gasteiger partial charge on any atom is 0.334 e. The third-order valence-electron chi connectivity index (χ3n) is 5.00. The summed E-state index contributed by atoms with van der Waals surface area (Å²) in [7, 11) is -3.62. The number of carbonyl (C=O) groups is 3. The number of aliphatic carboxylic acids is 1. The minimum absolute atomic E-state index is 0.259. The second-order valence-corrected chi connectivity index (χ2v) is 8.98. The summed E-state index contributed by atoms with van der Waals surface area (Å²) in [5.41, 5.74) is 0. The van der Waals surface area contributed by atoms with E-state index in [0.717, 1.165) is 26.2 Å². The van der Waals surface area contributed by atoms with E-state index >= 15 is 0 Å². The normalized spacial score (nSPS) is 24.4. The highest BCUT2D eigenvalue weighted by molar-refractivity contribution is 7.89. The third kappa shape index (κ3) is 4.58. The van der Waals surface area contributed by atoms with Crippen molar-refractivity contribution in [2.45, 2.75) is 75.6 Å². The molecule has 1 aliphatic carbocycles. The van der Waals surface area contributed by atoms with Crippen molar-refractivity contribution in [2.24, 2.45) is 0 Å². The predicted molar refractivity (Wildman–Crippen MR) is 90.4 cm³/mol. The van der Waals surface area contributed by atoms with Gasteiger partial charge < -0.3 is 10.4 Å². The molecule has 2 atom stereocenters. The highest BCUT2D eigenvalue weighted by Crippen LogP contribution is 2.30. The van der Waals surface area contributed by atoms with Gasteiger partial charge in [0.25, 0.3) is 0 Å². The van der Waals surface area contributed by atoms with Gasteiger partial charge in [-0.3, -0.25) is 9.59 Å². The van der Waals surface area contributed by atoms with Crippen LogP contribution < -0.4 is 5.32 Å². The number of hydrogen-bond acceptors (Lipinski definition) is 5. The first-order valence-electron chi connectivity index (χ1n) is 8.79. The lowest BCUT2D eigenvalue weighted by atomic mass is 10.0. The highest BCUT2D eigenvalue weighted by Gasteiger charge is 2.42. The minimum Gasteiger partial charge on any atom is -0.479 e. The molecule has 1 amide bonds. The quantitative estimate of drug-likeness (QED) is 0.659. The van der Waals surface area contributed by atoms with E-state index in [2.05, 4.69) is 5.32 Å². The zero-order chi connectivity index (χ0) is 18.6. The molecule has 1 aliphatic heterocycles. The van der Waals surface area contributed by atoms with Crippen LogP contribution in [0.5, 0.6) is 0 Å². The SMILES string of the molecule is CC(=O)C(NC(=O)[C@@H]1CCCCN1S(=O)(=O)C1CCCCC1)C(=O)O. The summed E-state index contributed by atoms with van der Waals surface area (Å²) in [6.07, 6.45) is 5.63. The van der Waals surface area contributed by atoms with E-state index in [-0.39, 0.29) is 6.54 Å². The lowest BCUT2D eigenvalue weighted by molar-refractivity contribution is -0.146. The number of piperidine rings is 1. The topological polar surface area (TPSA) is 121 Å². The van der Waals surface area contributed by atoms with Crippen LogP contribution in [0.3, 0.4) is 0 Å². The number of carboxylic acids is 1. The van der Waals surface area contributed by atoms with Gasteiger partial charge in [0.05, 0.1) is 5.25 Å². The lowest BCUT2D eigenvalue weighted by Gasteiger charge is -2.37. The van der Waals surface area contributed by atoms with E-state index in [0.29, 0.717) is 32.1 Å². The van der Waals surface area contributed by atoms with Gasteiger partial charge in [-0.1, -0.05) is 25.7 Å². The zero-order valence-electron chi connectivity index (χ0n) is 14.4. The van der Waals surface area contributed by atoms with Crippen LogP contribution in [0.2, 0.25) is 0 Å². The smallest absolute Gasteiger partial charge is 0.334 e. The zero-order valence-corrected chi connectivity index (χ0v) is 15.3. The summed E-state index contributed by atoms with van der Waals surface area (Å²) < 4.78 is 27.2. The standard InChI is InChI=1S/C16H26N2O6S/c1-11(19)14(16(21)22)17-15(20)13-9-5-6-10-18(13)25(23,24)12-7-3-2-4-8-12/h12-14H,2-10H2,1H3,(H,17,20)(H,21,22)/t13-,14?/m0/s1. The molecule has 1 heterocycles. The van der Waals surface area contributed by atoms with Gasteiger partial charge in [0.1, 0.15) is 6.04 Å². The van der Waals surface area contributed by atoms with Crippen molar-refractivity contribution in [3.8, 4) is 0 Å². The van der Waals surface area contributed by atoms with Gasteiger partial charge in [0.2, 0.25) is 15.9 Å². The molecule has 2 aliphatic rings. The molecule has 2 N–H and O–H groups in total. The van der Waals surface area contributed by atoms with Gasteiger partial charge in [0, 0.05) is 6.54 Å². The van der Waals surface area contributed by atoms with E-state index < -0.39 is 45.0 Å². The molecule has 9 heteroatoms. The van der Waals surface area contributed by atoms with E-state index in [4.69, 9.17) is 5.11 Å². The fraction of sp³-hybridized carbons (Fsp3) is 0.812. The number of rotatable bonds is 6. The summed E-state index contributed by atoms with van der Waals surface area (Å²) in [5, 5.41) is 10.8. The number of Topliss-reactive ketones (excluding diaryl/α,β-unsaturated/α-hetero) is 1. The number of nitrogens with zero attached hydrogens (tertiary/aromatic N) is 1. The Kier molecular flexibility index (Phi) is 6.56. The molecular formula is C16H26N2O6S. The minimum atomic E-state index is -3.62. The van der Waals surface area contributed by atoms with E-state index in [1.807, 2.05) is 0 Å². The molecule has 0 aromatic carbocycles. The first kappa shape index (κ1) is 19.8. The summed E-state index contributed by atoms with van der Waals surface area (Å²) in [6.45, 7) is 1.34. The molecule has 0 bridgehead atoms. The molecule has 1 saturated heterocycles. The molecule has 0 radical (unpaired) electrons. The Balaban J connectivity index is 2.17. The van der Waals surface area contributed by atoms with E-state index in [9.17, 15) is 22.8 Å². The molecule has 2 fully saturated rings. The average molecular weight is 374 g/mol. The van der Waals surface area contributed by atoms with Crippen molar-refractivity contribution in [3.05, 3.63) is 0 Å². The fourth-order valence-corrected chi connectivity index (χ4v) is 5.85. The molecule has 25 heavy (non-hydrogen) atoms. The summed E-state index contributed by atoms with van der Waals surface area (Å²) in [6, 6.07) is -2.59. The monoisotopic (exact) mass is 374 g/mol. The average Bonchev–Trinajstić information content (AvgIpc) is 2.59. The van der Waals surface area contributed by atoms with Gasteiger partial charge in [-0.15, -0.1) is 0 Å². The number of amides is 1. The number of hydrogen-bond donors (Lipinski definition) is 2. The van der Waals surface area contributed by atoms with Crippen LogP contribution in [0.1, 0.15) is 58.3 Å². The van der Waals surface area contributed by atoms with Gasteiger partial charge in [-0.05, 0) is 32.6 Å². The number of nitrogens with one attached hydrogen (secondary N) is 1. The Hall–Kier alpha value is -1.48. The van der Waals surface area contributed by atoms with Crippen LogP contribution >= 0.6 is 0 Å². The van der Waals surface area contributed by atoms with Gasteiger partial charge in [-0.2, -0.15) is 4.31 Å². The largest absolute Gasteiger partial charge is 0.479 e. The Morgan fingerprint density at radius 3 is 2.20 bits per heavy atom. The van der Waals surface area contributed by atoms with Gasteiger partial charge in [-0.25, -0.2) is 13.2 Å². The molecule has 1 unspecified atom stereocenters. The van der Waals surface area contributed by atoms with Crippen molar-refractivity contribution in [1.29, 1.82) is 0 Å². The second-order valence-electron chi connectivity index (χ2n) is 6.82. The van der Waals surface area contributed by atoms with E-state index in [1.165, 1.54) is 4.31 Å². The summed E-state index contributed by atoms with van der Waals surface area (Å²) >= 11 is 0. The van der Waals surface area contributed by atoms with Crippen molar-refractivity contribution in [2.75, 3.05) is 6.54 Å². The van der Waals surface area contributed by atoms with Gasteiger partial charge >= 0.3 is 5.97 Å². The Bertz CT molecular complexity index is 613. The van der Waals surface area contributed by atoms with Crippen LogP contribution in [0.15, 0.2) is 0 Å². The lowest BCUT2D eigenvalue weighted by Crippen LogP contribution is -2.57. The number of carbonyl (C=O) groups excluding carboxylic acids is 2. The van der Waals surface area contributed by atoms with Crippen molar-refractivity contribution >= 4 is 27.7 Å². The summed E-state index contributed by atoms with van der Waals surface area (Å²) in [5.74, 6) is -2.85. The first-order chi connectivity index (χ1) is 11.7. The maximum atomic E-state index is 13.0. The third-order valence-corrected chi connectivity index (χ3v) is 7.40. The molecule has 0 aromatic heterocycles. The number of ketones is 1. The molecule has 0 aromatic rings. The van der Waals surface area contributed by atoms with Crippen LogP contribution in [0, 0.1) is 0 Å². The Morgan fingerprint density at radius 2 is 1.64 bits per heavy atom. The summed E-state index contributed by atoms with van der Waals surface area (Å²) in [4.78, 5) is 35.0. The molecule has 2 rings (SSSR count). The highest BCUT2D eigenvalue weighted by atomic mass is 32.2. The Labute approximate surface area is 148 Å². The van der Waals surface area contributed by atoms with Crippen molar-refractivity contribution < 1.29 is 27.9 Å². The molecule has 142 valence electrons. The van der Waals surface area contributed by atoms with Crippen LogP contribution in [-0.4, -0.2) is 59.4 Å². The van der Waals surface area contributed by atoms with Crippen LogP contribution in [0.4, 0.5) is 0 Å². The second kappa shape index (κ2) is 8.27. The first-order valence-corrected chi connectivity index (χ1v) is 10.3. The molecular weight excluding hydrogens is 348 g/mol. The van der Waals surface area contributed by atoms with Gasteiger partial charge in [0.15, 0.2) is 11.8 Å². The molecule has 1 saturated carbocycles. The fourth-order valence-electron chi connectivity index (χ4n) is 3.60.